The summed E-state index contributed by atoms with van der Waals surface area (Å²) in [5, 5.41) is 2.83. The minimum absolute atomic E-state index is 0.258. The second kappa shape index (κ2) is 8.15. The van der Waals surface area contributed by atoms with Crippen LogP contribution in [0.1, 0.15) is 29.3 Å². The second-order valence-electron chi connectivity index (χ2n) is 5.29. The molecule has 1 atom stereocenters. The molecule has 126 valence electrons. The maximum atomic E-state index is 12.5. The lowest BCUT2D eigenvalue weighted by Gasteiger charge is -2.18. The van der Waals surface area contributed by atoms with Gasteiger partial charge in [0.25, 0.3) is 5.91 Å². The molecular weight excluding hydrogens is 306 g/mol. The highest BCUT2D eigenvalue weighted by molar-refractivity contribution is 5.98. The number of hydrogen-bond acceptors (Lipinski definition) is 4. The van der Waals surface area contributed by atoms with Gasteiger partial charge in [-0.3, -0.25) is 4.79 Å². The monoisotopic (exact) mass is 327 g/mol. The predicted molar refractivity (Wildman–Crippen MR) is 92.3 cm³/mol. The summed E-state index contributed by atoms with van der Waals surface area (Å²) in [4.78, 5) is 24.2. The molecule has 0 bridgehead atoms. The number of hydrogen-bond donors (Lipinski definition) is 1. The first-order chi connectivity index (χ1) is 11.6. The molecule has 0 saturated heterocycles. The number of carbonyl (C=O) groups excluding carboxylic acids is 2. The zero-order valence-corrected chi connectivity index (χ0v) is 14.0. The van der Waals surface area contributed by atoms with Crippen LogP contribution in [-0.4, -0.2) is 25.1 Å². The topological polar surface area (TPSA) is 64.6 Å². The number of para-hydroxylation sites is 1. The molecule has 24 heavy (non-hydrogen) atoms. The van der Waals surface area contributed by atoms with Gasteiger partial charge in [-0.05, 0) is 43.2 Å². The molecule has 0 aromatic heterocycles. The lowest BCUT2D eigenvalue weighted by atomic mass is 10.1. The Kier molecular flexibility index (Phi) is 5.95. The number of methoxy groups -OCH3 is 1. The quantitative estimate of drug-likeness (QED) is 0.824. The smallest absolute Gasteiger partial charge is 0.338 e. The molecule has 1 N–H and O–H groups in total. The molecule has 5 nitrogen and oxygen atoms in total. The van der Waals surface area contributed by atoms with Gasteiger partial charge in [-0.15, -0.1) is 0 Å². The molecule has 2 rings (SSSR count). The molecule has 5 heteroatoms. The van der Waals surface area contributed by atoms with Gasteiger partial charge in [0.05, 0.1) is 12.7 Å². The number of nitrogens with one attached hydrogen (secondary N) is 1. The van der Waals surface area contributed by atoms with E-state index in [1.807, 2.05) is 25.1 Å². The highest BCUT2D eigenvalue weighted by Gasteiger charge is 2.20. The number of esters is 1. The predicted octanol–water partition coefficient (Wildman–Crippen LogP) is 3.58. The van der Waals surface area contributed by atoms with Gasteiger partial charge < -0.3 is 14.8 Å². The van der Waals surface area contributed by atoms with Crippen molar-refractivity contribution in [3.63, 3.8) is 0 Å². The van der Waals surface area contributed by atoms with E-state index in [-0.39, 0.29) is 5.91 Å². The molecule has 0 saturated carbocycles. The first kappa shape index (κ1) is 17.5. The minimum atomic E-state index is -0.617. The van der Waals surface area contributed by atoms with Crippen molar-refractivity contribution in [2.24, 2.45) is 0 Å². The zero-order valence-electron chi connectivity index (χ0n) is 14.0. The van der Waals surface area contributed by atoms with E-state index in [9.17, 15) is 9.59 Å². The fraction of sp³-hybridized carbons (Fsp3) is 0.263. The van der Waals surface area contributed by atoms with Crippen LogP contribution in [0.2, 0.25) is 0 Å². The Hall–Kier alpha value is -2.82. The molecule has 2 aromatic rings. The van der Waals surface area contributed by atoms with Crippen molar-refractivity contribution in [3.05, 3.63) is 59.7 Å². The Morgan fingerprint density at radius 1 is 1.08 bits per heavy atom. The lowest BCUT2D eigenvalue weighted by molar-refractivity contribution is -0.122. The van der Waals surface area contributed by atoms with Crippen molar-refractivity contribution >= 4 is 17.6 Å². The summed E-state index contributed by atoms with van der Waals surface area (Å²) in [6, 6.07) is 14.3. The van der Waals surface area contributed by atoms with E-state index in [1.54, 1.807) is 37.3 Å². The fourth-order valence-electron chi connectivity index (χ4n) is 2.30. The molecule has 1 unspecified atom stereocenters. The second-order valence-corrected chi connectivity index (χ2v) is 5.29. The van der Waals surface area contributed by atoms with Gasteiger partial charge in [-0.25, -0.2) is 4.79 Å². The van der Waals surface area contributed by atoms with E-state index in [2.05, 4.69) is 5.32 Å². The molecule has 0 spiro atoms. The first-order valence-electron chi connectivity index (χ1n) is 7.77. The minimum Gasteiger partial charge on any atom is -0.481 e. The molecule has 0 heterocycles. The number of amides is 1. The maximum absolute atomic E-state index is 12.5. The summed E-state index contributed by atoms with van der Waals surface area (Å²) in [7, 11) is 1.33. The summed E-state index contributed by atoms with van der Waals surface area (Å²) in [5.41, 5.74) is 1.65. The van der Waals surface area contributed by atoms with Crippen molar-refractivity contribution in [1.82, 2.24) is 0 Å². The average molecular weight is 327 g/mol. The molecule has 0 aliphatic rings. The highest BCUT2D eigenvalue weighted by Crippen LogP contribution is 2.21. The summed E-state index contributed by atoms with van der Waals surface area (Å²) < 4.78 is 10.5. The third-order valence-electron chi connectivity index (χ3n) is 3.68. The van der Waals surface area contributed by atoms with E-state index in [0.717, 1.165) is 0 Å². The van der Waals surface area contributed by atoms with Gasteiger partial charge in [-0.1, -0.05) is 31.2 Å². The van der Waals surface area contributed by atoms with Gasteiger partial charge in [0, 0.05) is 5.69 Å². The molecule has 2 aromatic carbocycles. The van der Waals surface area contributed by atoms with Gasteiger partial charge in [-0.2, -0.15) is 0 Å². The largest absolute Gasteiger partial charge is 0.481 e. The van der Waals surface area contributed by atoms with Crippen LogP contribution in [0.25, 0.3) is 0 Å². The summed E-state index contributed by atoms with van der Waals surface area (Å²) in [6.07, 6.45) is -0.0928. The van der Waals surface area contributed by atoms with Gasteiger partial charge >= 0.3 is 5.97 Å². The van der Waals surface area contributed by atoms with E-state index in [1.165, 1.54) is 7.11 Å². The summed E-state index contributed by atoms with van der Waals surface area (Å²) in [6.45, 7) is 3.64. The number of anilines is 1. The van der Waals surface area contributed by atoms with E-state index in [0.29, 0.717) is 29.0 Å². The zero-order chi connectivity index (χ0) is 17.5. The summed E-state index contributed by atoms with van der Waals surface area (Å²) in [5.74, 6) is -0.0535. The number of carbonyl (C=O) groups is 2. The van der Waals surface area contributed by atoms with Crippen LogP contribution in [0.4, 0.5) is 5.69 Å². The van der Waals surface area contributed by atoms with Gasteiger partial charge in [0.2, 0.25) is 0 Å². The average Bonchev–Trinajstić information content (AvgIpc) is 2.61. The van der Waals surface area contributed by atoms with Crippen LogP contribution in [-0.2, 0) is 9.53 Å². The van der Waals surface area contributed by atoms with Crippen LogP contribution in [0.15, 0.2) is 48.5 Å². The van der Waals surface area contributed by atoms with Crippen LogP contribution >= 0.6 is 0 Å². The van der Waals surface area contributed by atoms with E-state index < -0.39 is 12.1 Å². The molecule has 0 aliphatic heterocycles. The van der Waals surface area contributed by atoms with Crippen molar-refractivity contribution in [2.75, 3.05) is 12.4 Å². The molecule has 0 radical (unpaired) electrons. The first-order valence-corrected chi connectivity index (χ1v) is 7.77. The molecule has 0 aliphatic carbocycles. The Morgan fingerprint density at radius 2 is 1.79 bits per heavy atom. The third kappa shape index (κ3) is 4.13. The summed E-state index contributed by atoms with van der Waals surface area (Å²) >= 11 is 0. The highest BCUT2D eigenvalue weighted by atomic mass is 16.5. The van der Waals surface area contributed by atoms with Crippen LogP contribution in [0, 0.1) is 6.92 Å². The molecule has 0 fully saturated rings. The number of rotatable bonds is 6. The molecule has 1 amide bonds. The van der Waals surface area contributed by atoms with Gasteiger partial charge in [0.1, 0.15) is 5.75 Å². The number of benzene rings is 2. The Balaban J connectivity index is 2.14. The van der Waals surface area contributed by atoms with E-state index in [4.69, 9.17) is 9.47 Å². The standard InChI is InChI=1S/C19H21NO4/c1-4-17(24-14-9-6-5-7-10-14)18(21)20-16-12-8-11-15(13(16)2)19(22)23-3/h5-12,17H,4H2,1-3H3,(H,20,21). The van der Waals surface area contributed by atoms with Crippen LogP contribution in [0.5, 0.6) is 5.75 Å². The van der Waals surface area contributed by atoms with Gasteiger partial charge in [0.15, 0.2) is 6.10 Å². The van der Waals surface area contributed by atoms with Crippen molar-refractivity contribution < 1.29 is 19.1 Å². The van der Waals surface area contributed by atoms with Crippen molar-refractivity contribution in [2.45, 2.75) is 26.4 Å². The fourth-order valence-corrected chi connectivity index (χ4v) is 2.30. The Morgan fingerprint density at radius 3 is 2.42 bits per heavy atom. The van der Waals surface area contributed by atoms with E-state index >= 15 is 0 Å². The Labute approximate surface area is 141 Å². The Bertz CT molecular complexity index is 713. The normalized spacial score (nSPS) is 11.5. The van der Waals surface area contributed by atoms with Crippen LogP contribution < -0.4 is 10.1 Å². The SMILES string of the molecule is CCC(Oc1ccccc1)C(=O)Nc1cccc(C(=O)OC)c1C. The third-order valence-corrected chi connectivity index (χ3v) is 3.68. The molecular formula is C19H21NO4. The van der Waals surface area contributed by atoms with Crippen molar-refractivity contribution in [3.8, 4) is 5.75 Å². The maximum Gasteiger partial charge on any atom is 0.338 e. The lowest BCUT2D eigenvalue weighted by Crippen LogP contribution is -2.32. The van der Waals surface area contributed by atoms with Crippen LogP contribution in [0.3, 0.4) is 0 Å². The van der Waals surface area contributed by atoms with Crippen molar-refractivity contribution in [1.29, 1.82) is 0 Å². The number of ether oxygens (including phenoxy) is 2.